The molecule has 0 saturated carbocycles. The van der Waals surface area contributed by atoms with Crippen molar-refractivity contribution in [3.05, 3.63) is 102 Å². The lowest BCUT2D eigenvalue weighted by atomic mass is 10.0. The zero-order valence-electron chi connectivity index (χ0n) is 18.1. The van der Waals surface area contributed by atoms with Gasteiger partial charge in [0.25, 0.3) is 0 Å². The van der Waals surface area contributed by atoms with E-state index in [0.29, 0.717) is 31.8 Å². The van der Waals surface area contributed by atoms with Gasteiger partial charge in [0.05, 0.1) is 5.71 Å². The molecule has 3 aromatic carbocycles. The maximum absolute atomic E-state index is 13.3. The van der Waals surface area contributed by atoms with Crippen LogP contribution in [0, 0.1) is 11.6 Å². The Balaban J connectivity index is 1.37. The van der Waals surface area contributed by atoms with Gasteiger partial charge in [-0.15, -0.1) is 0 Å². The lowest BCUT2D eigenvalue weighted by Crippen LogP contribution is -2.39. The van der Waals surface area contributed by atoms with Gasteiger partial charge < -0.3 is 14.7 Å². The largest absolute Gasteiger partial charge is 0.491 e. The molecule has 0 spiro atoms. The quantitative estimate of drug-likeness (QED) is 0.496. The molecule has 1 N–H and O–H groups in total. The molecule has 33 heavy (non-hydrogen) atoms. The molecule has 1 aliphatic rings. The standard InChI is InChI=1S/C26H26F2N2O3/c27-21-10-6-19(7-11-21)15-30(16-23(31)18-32-24-4-2-1-3-5-24)17-25-14-26(29-33-25)20-8-12-22(28)13-9-20/h1-13,23,25,31H,14-18H2. The molecule has 7 heteroatoms. The summed E-state index contributed by atoms with van der Waals surface area (Å²) in [5.74, 6) is 0.100. The van der Waals surface area contributed by atoms with E-state index >= 15 is 0 Å². The minimum absolute atomic E-state index is 0.146. The summed E-state index contributed by atoms with van der Waals surface area (Å²) in [5, 5.41) is 14.8. The van der Waals surface area contributed by atoms with Crippen molar-refractivity contribution in [1.29, 1.82) is 0 Å². The summed E-state index contributed by atoms with van der Waals surface area (Å²) < 4.78 is 32.2. The lowest BCUT2D eigenvalue weighted by molar-refractivity contribution is 0.0213. The highest BCUT2D eigenvalue weighted by molar-refractivity contribution is 6.01. The smallest absolute Gasteiger partial charge is 0.145 e. The van der Waals surface area contributed by atoms with Crippen molar-refractivity contribution in [2.24, 2.45) is 5.16 Å². The van der Waals surface area contributed by atoms with Crippen LogP contribution < -0.4 is 4.74 Å². The summed E-state index contributed by atoms with van der Waals surface area (Å²) in [7, 11) is 0. The number of ether oxygens (including phenoxy) is 1. The molecule has 0 aromatic heterocycles. The predicted molar refractivity (Wildman–Crippen MR) is 122 cm³/mol. The number of aliphatic hydroxyl groups excluding tert-OH is 1. The number of hydrogen-bond acceptors (Lipinski definition) is 5. The average molecular weight is 453 g/mol. The van der Waals surface area contributed by atoms with Gasteiger partial charge in [-0.25, -0.2) is 8.78 Å². The minimum atomic E-state index is -0.732. The first-order valence-corrected chi connectivity index (χ1v) is 10.9. The third-order valence-corrected chi connectivity index (χ3v) is 5.35. The number of nitrogens with zero attached hydrogens (tertiary/aromatic N) is 2. The normalized spacial score (nSPS) is 16.4. The highest BCUT2D eigenvalue weighted by atomic mass is 19.1. The van der Waals surface area contributed by atoms with Gasteiger partial charge in [0.15, 0.2) is 0 Å². The summed E-state index contributed by atoms with van der Waals surface area (Å²) >= 11 is 0. The monoisotopic (exact) mass is 452 g/mol. The van der Waals surface area contributed by atoms with Crippen molar-refractivity contribution in [2.45, 2.75) is 25.2 Å². The Hall–Kier alpha value is -3.29. The van der Waals surface area contributed by atoms with Crippen molar-refractivity contribution < 1.29 is 23.5 Å². The molecule has 5 nitrogen and oxygen atoms in total. The zero-order valence-corrected chi connectivity index (χ0v) is 18.1. The van der Waals surface area contributed by atoms with E-state index in [1.807, 2.05) is 35.2 Å². The Labute approximate surface area is 191 Å². The maximum atomic E-state index is 13.3. The van der Waals surface area contributed by atoms with Crippen LogP contribution in [0.3, 0.4) is 0 Å². The molecule has 2 atom stereocenters. The number of benzene rings is 3. The summed E-state index contributed by atoms with van der Waals surface area (Å²) in [6, 6.07) is 21.8. The predicted octanol–water partition coefficient (Wildman–Crippen LogP) is 4.40. The third kappa shape index (κ3) is 6.84. The molecule has 0 saturated heterocycles. The van der Waals surface area contributed by atoms with Crippen molar-refractivity contribution in [3.63, 3.8) is 0 Å². The van der Waals surface area contributed by atoms with Crippen molar-refractivity contribution in [2.75, 3.05) is 19.7 Å². The van der Waals surface area contributed by atoms with Gasteiger partial charge in [-0.1, -0.05) is 47.6 Å². The zero-order chi connectivity index (χ0) is 23.0. The van der Waals surface area contributed by atoms with E-state index in [1.54, 1.807) is 24.3 Å². The highest BCUT2D eigenvalue weighted by Gasteiger charge is 2.26. The van der Waals surface area contributed by atoms with Gasteiger partial charge in [0, 0.05) is 26.1 Å². The topological polar surface area (TPSA) is 54.3 Å². The molecule has 1 heterocycles. The van der Waals surface area contributed by atoms with Crippen molar-refractivity contribution in [3.8, 4) is 5.75 Å². The number of aliphatic hydroxyl groups is 1. The molecule has 0 fully saturated rings. The maximum Gasteiger partial charge on any atom is 0.145 e. The molecule has 1 aliphatic heterocycles. The van der Waals surface area contributed by atoms with Gasteiger partial charge in [-0.05, 0) is 47.5 Å². The van der Waals surface area contributed by atoms with Crippen LogP contribution in [0.1, 0.15) is 17.5 Å². The number of para-hydroxylation sites is 1. The van der Waals surface area contributed by atoms with Crippen LogP contribution in [0.4, 0.5) is 8.78 Å². The fourth-order valence-corrected chi connectivity index (χ4v) is 3.74. The summed E-state index contributed by atoms with van der Waals surface area (Å²) in [5.41, 5.74) is 2.50. The van der Waals surface area contributed by atoms with E-state index in [0.717, 1.165) is 16.8 Å². The fraction of sp³-hybridized carbons (Fsp3) is 0.269. The van der Waals surface area contributed by atoms with Crippen LogP contribution in [0.5, 0.6) is 5.75 Å². The molecule has 2 unspecified atom stereocenters. The number of hydrogen-bond donors (Lipinski definition) is 1. The van der Waals surface area contributed by atoms with E-state index in [-0.39, 0.29) is 24.3 Å². The molecular formula is C26H26F2N2O3. The molecule has 0 radical (unpaired) electrons. The van der Waals surface area contributed by atoms with Gasteiger partial charge in [0.1, 0.15) is 36.2 Å². The van der Waals surface area contributed by atoms with Crippen LogP contribution in [0.25, 0.3) is 0 Å². The second-order valence-corrected chi connectivity index (χ2v) is 8.07. The van der Waals surface area contributed by atoms with E-state index in [9.17, 15) is 13.9 Å². The average Bonchev–Trinajstić information content (AvgIpc) is 3.29. The first-order chi connectivity index (χ1) is 16.0. The molecule has 172 valence electrons. The molecule has 4 rings (SSSR count). The van der Waals surface area contributed by atoms with Gasteiger partial charge in [0.2, 0.25) is 0 Å². The minimum Gasteiger partial charge on any atom is -0.491 e. The van der Waals surface area contributed by atoms with E-state index in [1.165, 1.54) is 24.3 Å². The van der Waals surface area contributed by atoms with E-state index in [4.69, 9.17) is 9.57 Å². The number of oxime groups is 1. The molecule has 0 aliphatic carbocycles. The Bertz CT molecular complexity index is 1040. The summed E-state index contributed by atoms with van der Waals surface area (Å²) in [6.45, 7) is 1.51. The lowest BCUT2D eigenvalue weighted by Gasteiger charge is -2.27. The van der Waals surface area contributed by atoms with E-state index in [2.05, 4.69) is 5.16 Å². The van der Waals surface area contributed by atoms with Crippen LogP contribution in [-0.2, 0) is 11.4 Å². The SMILES string of the molecule is OC(COc1ccccc1)CN(Cc1ccc(F)cc1)CC1CC(c2ccc(F)cc2)=NO1. The van der Waals surface area contributed by atoms with Crippen LogP contribution >= 0.6 is 0 Å². The Morgan fingerprint density at radius 2 is 1.64 bits per heavy atom. The number of halogens is 2. The molecular weight excluding hydrogens is 426 g/mol. The van der Waals surface area contributed by atoms with Crippen LogP contribution in [0.2, 0.25) is 0 Å². The summed E-state index contributed by atoms with van der Waals surface area (Å²) in [6.07, 6.45) is -0.375. The van der Waals surface area contributed by atoms with E-state index < -0.39 is 6.10 Å². The van der Waals surface area contributed by atoms with Crippen molar-refractivity contribution in [1.82, 2.24) is 4.90 Å². The van der Waals surface area contributed by atoms with Gasteiger partial charge in [-0.3, -0.25) is 4.90 Å². The Morgan fingerprint density at radius 1 is 0.970 bits per heavy atom. The fourth-order valence-electron chi connectivity index (χ4n) is 3.74. The first-order valence-electron chi connectivity index (χ1n) is 10.9. The molecule has 0 bridgehead atoms. The third-order valence-electron chi connectivity index (χ3n) is 5.35. The van der Waals surface area contributed by atoms with Crippen LogP contribution in [-0.4, -0.2) is 47.6 Å². The summed E-state index contributed by atoms with van der Waals surface area (Å²) in [4.78, 5) is 7.67. The second-order valence-electron chi connectivity index (χ2n) is 8.07. The number of rotatable bonds is 10. The molecule has 0 amide bonds. The first kappa shape index (κ1) is 22.9. The highest BCUT2D eigenvalue weighted by Crippen LogP contribution is 2.19. The Kier molecular flexibility index (Phi) is 7.65. The molecule has 3 aromatic rings. The Morgan fingerprint density at radius 3 is 2.33 bits per heavy atom. The van der Waals surface area contributed by atoms with Gasteiger partial charge >= 0.3 is 0 Å². The van der Waals surface area contributed by atoms with Gasteiger partial charge in [-0.2, -0.15) is 0 Å². The van der Waals surface area contributed by atoms with Crippen LogP contribution in [0.15, 0.2) is 84.0 Å². The second kappa shape index (κ2) is 11.0. The van der Waals surface area contributed by atoms with Crippen molar-refractivity contribution >= 4 is 5.71 Å².